The highest BCUT2D eigenvalue weighted by Gasteiger charge is 2.12. The van der Waals surface area contributed by atoms with Crippen molar-refractivity contribution in [3.05, 3.63) is 60.3 Å². The lowest BCUT2D eigenvalue weighted by atomic mass is 10.2. The van der Waals surface area contributed by atoms with E-state index in [0.717, 1.165) is 17.1 Å². The van der Waals surface area contributed by atoms with Crippen LogP contribution in [0, 0.1) is 0 Å². The molecular weight excluding hydrogens is 394 g/mol. The standard InChI is InChI=1S/C20H19N3O5S/c1-27-18-12-17(22-16-5-3-2-4-15(16)18)19(24)21-10-11-28-13-6-8-14(9-7-13)29-20(25)23-26/h2-9,12,26H,10-11H2,1H3,(H,21,24)(H,23,25). The third-order valence-electron chi connectivity index (χ3n) is 3.91. The van der Waals surface area contributed by atoms with Crippen LogP contribution in [0.4, 0.5) is 4.79 Å². The zero-order valence-corrected chi connectivity index (χ0v) is 16.4. The van der Waals surface area contributed by atoms with Crippen molar-refractivity contribution in [2.45, 2.75) is 4.90 Å². The Balaban J connectivity index is 1.52. The number of para-hydroxylation sites is 1. The van der Waals surface area contributed by atoms with Gasteiger partial charge in [-0.2, -0.15) is 0 Å². The van der Waals surface area contributed by atoms with E-state index in [1.165, 1.54) is 0 Å². The zero-order chi connectivity index (χ0) is 20.6. The molecule has 3 aromatic rings. The molecule has 1 heterocycles. The van der Waals surface area contributed by atoms with E-state index >= 15 is 0 Å². The van der Waals surface area contributed by atoms with Gasteiger partial charge in [-0.25, -0.2) is 10.5 Å². The number of nitrogens with one attached hydrogen (secondary N) is 2. The van der Waals surface area contributed by atoms with Gasteiger partial charge in [0.2, 0.25) is 0 Å². The fourth-order valence-corrected chi connectivity index (χ4v) is 3.12. The highest BCUT2D eigenvalue weighted by molar-refractivity contribution is 8.13. The molecule has 0 spiro atoms. The topological polar surface area (TPSA) is 110 Å². The molecule has 0 aliphatic heterocycles. The summed E-state index contributed by atoms with van der Waals surface area (Å²) < 4.78 is 10.9. The SMILES string of the molecule is COc1cc(C(=O)NCCOc2ccc(SC(=O)NO)cc2)nc2ccccc12. The normalized spacial score (nSPS) is 10.4. The van der Waals surface area contributed by atoms with E-state index < -0.39 is 5.24 Å². The minimum Gasteiger partial charge on any atom is -0.496 e. The first-order valence-corrected chi connectivity index (χ1v) is 9.49. The van der Waals surface area contributed by atoms with E-state index in [1.807, 2.05) is 24.3 Å². The molecule has 0 atom stereocenters. The number of rotatable bonds is 7. The molecule has 9 heteroatoms. The van der Waals surface area contributed by atoms with Crippen molar-refractivity contribution in [2.24, 2.45) is 0 Å². The summed E-state index contributed by atoms with van der Waals surface area (Å²) in [5, 5.41) is 11.5. The number of benzene rings is 2. The van der Waals surface area contributed by atoms with Gasteiger partial charge in [0, 0.05) is 16.3 Å². The Bertz CT molecular complexity index is 1010. The molecule has 0 aliphatic rings. The van der Waals surface area contributed by atoms with Crippen LogP contribution in [-0.2, 0) is 0 Å². The number of pyridine rings is 1. The molecule has 1 aromatic heterocycles. The maximum Gasteiger partial charge on any atom is 0.307 e. The van der Waals surface area contributed by atoms with E-state index in [-0.39, 0.29) is 18.2 Å². The first-order valence-electron chi connectivity index (χ1n) is 8.67. The van der Waals surface area contributed by atoms with Gasteiger partial charge >= 0.3 is 5.24 Å². The largest absolute Gasteiger partial charge is 0.496 e. The van der Waals surface area contributed by atoms with Crippen LogP contribution in [0.1, 0.15) is 10.5 Å². The van der Waals surface area contributed by atoms with Crippen LogP contribution in [0.15, 0.2) is 59.5 Å². The zero-order valence-electron chi connectivity index (χ0n) is 15.5. The van der Waals surface area contributed by atoms with Gasteiger partial charge in [0.15, 0.2) is 0 Å². The molecule has 3 N–H and O–H groups in total. The number of ether oxygens (including phenoxy) is 2. The number of hydrogen-bond acceptors (Lipinski definition) is 7. The third kappa shape index (κ3) is 5.37. The van der Waals surface area contributed by atoms with Gasteiger partial charge in [-0.1, -0.05) is 12.1 Å². The Morgan fingerprint density at radius 1 is 1.14 bits per heavy atom. The summed E-state index contributed by atoms with van der Waals surface area (Å²) in [6, 6.07) is 15.8. The number of hydroxylamine groups is 1. The Labute approximate surface area is 171 Å². The fourth-order valence-electron chi connectivity index (χ4n) is 2.59. The highest BCUT2D eigenvalue weighted by Crippen LogP contribution is 2.25. The Morgan fingerprint density at radius 2 is 1.90 bits per heavy atom. The van der Waals surface area contributed by atoms with E-state index in [0.29, 0.717) is 28.5 Å². The average Bonchev–Trinajstić information content (AvgIpc) is 2.76. The van der Waals surface area contributed by atoms with E-state index in [1.54, 1.807) is 42.9 Å². The quantitative estimate of drug-likeness (QED) is 0.236. The number of fused-ring (bicyclic) bond motifs is 1. The monoisotopic (exact) mass is 413 g/mol. The predicted molar refractivity (Wildman–Crippen MR) is 109 cm³/mol. The molecule has 0 saturated carbocycles. The number of thioether (sulfide) groups is 1. The van der Waals surface area contributed by atoms with Crippen molar-refractivity contribution in [3.8, 4) is 11.5 Å². The van der Waals surface area contributed by atoms with Gasteiger partial charge in [0.25, 0.3) is 5.91 Å². The van der Waals surface area contributed by atoms with Gasteiger partial charge in [0.05, 0.1) is 19.2 Å². The molecular formula is C20H19N3O5S. The molecule has 2 amide bonds. The fraction of sp³-hybridized carbons (Fsp3) is 0.150. The van der Waals surface area contributed by atoms with E-state index in [2.05, 4.69) is 10.3 Å². The second-order valence-electron chi connectivity index (χ2n) is 5.80. The minimum atomic E-state index is -0.569. The van der Waals surface area contributed by atoms with Gasteiger partial charge in [0.1, 0.15) is 23.8 Å². The summed E-state index contributed by atoms with van der Waals surface area (Å²) in [7, 11) is 1.55. The molecule has 150 valence electrons. The highest BCUT2D eigenvalue weighted by atomic mass is 32.2. The number of amides is 2. The summed E-state index contributed by atoms with van der Waals surface area (Å²) in [5.41, 5.74) is 2.50. The minimum absolute atomic E-state index is 0.264. The molecule has 8 nitrogen and oxygen atoms in total. The van der Waals surface area contributed by atoms with Crippen LogP contribution in [0.3, 0.4) is 0 Å². The number of carbonyl (C=O) groups excluding carboxylic acids is 2. The molecule has 3 rings (SSSR count). The Hall–Kier alpha value is -3.30. The maximum absolute atomic E-state index is 12.4. The van der Waals surface area contributed by atoms with Crippen molar-refractivity contribution < 1.29 is 24.3 Å². The molecule has 0 saturated heterocycles. The second-order valence-corrected chi connectivity index (χ2v) is 6.85. The maximum atomic E-state index is 12.4. The lowest BCUT2D eigenvalue weighted by Crippen LogP contribution is -2.28. The van der Waals surface area contributed by atoms with Crippen molar-refractivity contribution in [1.29, 1.82) is 0 Å². The molecule has 0 radical (unpaired) electrons. The second kappa shape index (κ2) is 9.76. The first-order chi connectivity index (χ1) is 14.1. The molecule has 0 unspecified atom stereocenters. The smallest absolute Gasteiger partial charge is 0.307 e. The van der Waals surface area contributed by atoms with Gasteiger partial charge < -0.3 is 14.8 Å². The number of methoxy groups -OCH3 is 1. The van der Waals surface area contributed by atoms with Crippen LogP contribution in [0.5, 0.6) is 11.5 Å². The van der Waals surface area contributed by atoms with Gasteiger partial charge in [-0.3, -0.25) is 14.8 Å². The van der Waals surface area contributed by atoms with Crippen LogP contribution >= 0.6 is 11.8 Å². The number of nitrogens with zero attached hydrogens (tertiary/aromatic N) is 1. The van der Waals surface area contributed by atoms with Crippen LogP contribution < -0.4 is 20.3 Å². The number of aromatic nitrogens is 1. The summed E-state index contributed by atoms with van der Waals surface area (Å²) in [4.78, 5) is 28.5. The van der Waals surface area contributed by atoms with Crippen molar-refractivity contribution in [1.82, 2.24) is 15.8 Å². The summed E-state index contributed by atoms with van der Waals surface area (Å²) in [6.07, 6.45) is 0. The first kappa shape index (κ1) is 20.4. The van der Waals surface area contributed by atoms with Crippen molar-refractivity contribution in [2.75, 3.05) is 20.3 Å². The molecule has 29 heavy (non-hydrogen) atoms. The van der Waals surface area contributed by atoms with E-state index in [4.69, 9.17) is 14.7 Å². The molecule has 0 aliphatic carbocycles. The van der Waals surface area contributed by atoms with Crippen molar-refractivity contribution in [3.63, 3.8) is 0 Å². The lowest BCUT2D eigenvalue weighted by Gasteiger charge is -2.10. The average molecular weight is 413 g/mol. The Kier molecular flexibility index (Phi) is 6.88. The number of carbonyl (C=O) groups is 2. The summed E-state index contributed by atoms with van der Waals surface area (Å²) in [5.74, 6) is 0.864. The molecule has 0 fully saturated rings. The van der Waals surface area contributed by atoms with Crippen molar-refractivity contribution >= 4 is 33.8 Å². The van der Waals surface area contributed by atoms with Crippen LogP contribution in [0.2, 0.25) is 0 Å². The molecule has 2 aromatic carbocycles. The summed E-state index contributed by atoms with van der Waals surface area (Å²) >= 11 is 0.856. The summed E-state index contributed by atoms with van der Waals surface area (Å²) in [6.45, 7) is 0.555. The lowest BCUT2D eigenvalue weighted by molar-refractivity contribution is 0.0942. The predicted octanol–water partition coefficient (Wildman–Crippen LogP) is 3.24. The van der Waals surface area contributed by atoms with Gasteiger partial charge in [-0.15, -0.1) is 0 Å². The Morgan fingerprint density at radius 3 is 2.62 bits per heavy atom. The number of hydrogen-bond donors (Lipinski definition) is 3. The van der Waals surface area contributed by atoms with E-state index in [9.17, 15) is 9.59 Å². The molecule has 0 bridgehead atoms. The van der Waals surface area contributed by atoms with Gasteiger partial charge in [-0.05, 0) is 48.2 Å². The third-order valence-corrected chi connectivity index (χ3v) is 4.70. The van der Waals surface area contributed by atoms with Crippen LogP contribution in [0.25, 0.3) is 10.9 Å². The van der Waals surface area contributed by atoms with Crippen LogP contribution in [-0.4, -0.2) is 41.6 Å².